The van der Waals surface area contributed by atoms with Gasteiger partial charge in [0.15, 0.2) is 11.6 Å². The second-order valence-corrected chi connectivity index (χ2v) is 8.30. The third-order valence-corrected chi connectivity index (χ3v) is 6.24. The van der Waals surface area contributed by atoms with Crippen molar-refractivity contribution in [2.45, 2.75) is 19.6 Å². The van der Waals surface area contributed by atoms with Crippen LogP contribution in [0.5, 0.6) is 0 Å². The van der Waals surface area contributed by atoms with Gasteiger partial charge in [-0.3, -0.25) is 4.68 Å². The van der Waals surface area contributed by atoms with Crippen molar-refractivity contribution < 1.29 is 13.5 Å². The van der Waals surface area contributed by atoms with Crippen LogP contribution in [0.25, 0.3) is 22.3 Å². The van der Waals surface area contributed by atoms with Crippen LogP contribution >= 0.6 is 0 Å². The van der Waals surface area contributed by atoms with Crippen molar-refractivity contribution in [3.05, 3.63) is 54.4 Å². The zero-order valence-electron chi connectivity index (χ0n) is 18.4. The number of halogens is 2. The molecule has 0 aliphatic carbocycles. The topological polar surface area (TPSA) is 109 Å². The Morgan fingerprint density at radius 1 is 1.29 bits per heavy atom. The standard InChI is InChI=1S/C23H22F2N8O/c1-34-12-18-19(24)8-28-23(20(18)25)32-5-3-14(9-32)15(6-26)10-33-11-16(7-31-33)21-17-2-4-27-22(17)30-13-29-21/h2,4,7-8,11,13-15H,3,5,9-10,12H2,1H3,(H,27,29,30). The van der Waals surface area contributed by atoms with E-state index >= 15 is 0 Å². The summed E-state index contributed by atoms with van der Waals surface area (Å²) in [7, 11) is 1.38. The van der Waals surface area contributed by atoms with Crippen LogP contribution in [0.4, 0.5) is 14.6 Å². The minimum absolute atomic E-state index is 0.00907. The van der Waals surface area contributed by atoms with E-state index in [0.29, 0.717) is 26.1 Å². The third kappa shape index (κ3) is 3.97. The molecule has 0 spiro atoms. The predicted octanol–water partition coefficient (Wildman–Crippen LogP) is 3.31. The maximum atomic E-state index is 14.9. The SMILES string of the molecule is COCc1c(F)cnc(N2CCC(C(C#N)Cn3cc(-c4ncnc5[nH]ccc45)cn3)C2)c1F. The number of hydrogen-bond donors (Lipinski definition) is 1. The number of hydrogen-bond acceptors (Lipinski definition) is 7. The van der Waals surface area contributed by atoms with Crippen LogP contribution in [0.3, 0.4) is 0 Å². The Balaban J connectivity index is 1.31. The van der Waals surface area contributed by atoms with Crippen LogP contribution in [0, 0.1) is 34.8 Å². The highest BCUT2D eigenvalue weighted by molar-refractivity contribution is 5.89. The quantitative estimate of drug-likeness (QED) is 0.447. The Morgan fingerprint density at radius 2 is 2.18 bits per heavy atom. The van der Waals surface area contributed by atoms with E-state index in [1.807, 2.05) is 18.5 Å². The first-order valence-corrected chi connectivity index (χ1v) is 10.9. The van der Waals surface area contributed by atoms with Gasteiger partial charge in [0.1, 0.15) is 17.8 Å². The molecule has 2 unspecified atom stereocenters. The van der Waals surface area contributed by atoms with Crippen molar-refractivity contribution in [1.82, 2.24) is 29.7 Å². The largest absolute Gasteiger partial charge is 0.380 e. The molecule has 11 heteroatoms. The van der Waals surface area contributed by atoms with Gasteiger partial charge in [-0.05, 0) is 18.4 Å². The number of anilines is 1. The van der Waals surface area contributed by atoms with Crippen LogP contribution < -0.4 is 4.90 Å². The van der Waals surface area contributed by atoms with Crippen molar-refractivity contribution in [2.24, 2.45) is 11.8 Å². The summed E-state index contributed by atoms with van der Waals surface area (Å²) in [6, 6.07) is 4.29. The Morgan fingerprint density at radius 3 is 3.00 bits per heavy atom. The molecule has 1 fully saturated rings. The van der Waals surface area contributed by atoms with Gasteiger partial charge in [0, 0.05) is 43.5 Å². The summed E-state index contributed by atoms with van der Waals surface area (Å²) in [5.74, 6) is -1.70. The molecule has 1 aliphatic heterocycles. The zero-order valence-corrected chi connectivity index (χ0v) is 18.4. The van der Waals surface area contributed by atoms with Crippen molar-refractivity contribution in [2.75, 3.05) is 25.1 Å². The zero-order chi connectivity index (χ0) is 23.7. The van der Waals surface area contributed by atoms with Gasteiger partial charge < -0.3 is 14.6 Å². The molecule has 5 rings (SSSR count). The fourth-order valence-electron chi connectivity index (χ4n) is 4.48. The highest BCUT2D eigenvalue weighted by atomic mass is 19.1. The number of nitrogens with zero attached hydrogens (tertiary/aromatic N) is 7. The lowest BCUT2D eigenvalue weighted by Gasteiger charge is -2.21. The van der Waals surface area contributed by atoms with Crippen molar-refractivity contribution >= 4 is 16.9 Å². The number of nitrogens with one attached hydrogen (secondary N) is 1. The maximum absolute atomic E-state index is 14.9. The molecule has 9 nitrogen and oxygen atoms in total. The van der Waals surface area contributed by atoms with E-state index < -0.39 is 11.6 Å². The minimum atomic E-state index is -0.733. The molecular weight excluding hydrogens is 442 g/mol. The summed E-state index contributed by atoms with van der Waals surface area (Å²) in [6.07, 6.45) is 8.60. The van der Waals surface area contributed by atoms with Gasteiger partial charge in [0.25, 0.3) is 0 Å². The van der Waals surface area contributed by atoms with Crippen molar-refractivity contribution in [3.8, 4) is 17.3 Å². The lowest BCUT2D eigenvalue weighted by atomic mass is 9.93. The second-order valence-electron chi connectivity index (χ2n) is 8.30. The van der Waals surface area contributed by atoms with Crippen LogP contribution in [-0.2, 0) is 17.9 Å². The monoisotopic (exact) mass is 464 g/mol. The minimum Gasteiger partial charge on any atom is -0.380 e. The molecule has 4 aromatic heterocycles. The van der Waals surface area contributed by atoms with Crippen LogP contribution in [0.1, 0.15) is 12.0 Å². The number of methoxy groups -OCH3 is 1. The summed E-state index contributed by atoms with van der Waals surface area (Å²) in [4.78, 5) is 17.4. The average molecular weight is 464 g/mol. The molecule has 0 radical (unpaired) electrons. The van der Waals surface area contributed by atoms with Crippen LogP contribution in [-0.4, -0.2) is 49.9 Å². The lowest BCUT2D eigenvalue weighted by molar-refractivity contribution is 0.177. The van der Waals surface area contributed by atoms with E-state index in [0.717, 1.165) is 28.5 Å². The molecule has 0 amide bonds. The van der Waals surface area contributed by atoms with Gasteiger partial charge in [-0.15, -0.1) is 0 Å². The van der Waals surface area contributed by atoms with Gasteiger partial charge in [-0.25, -0.2) is 23.7 Å². The number of H-pyrrole nitrogens is 1. The van der Waals surface area contributed by atoms with Gasteiger partial charge in [-0.1, -0.05) is 0 Å². The molecule has 2 atom stereocenters. The smallest absolute Gasteiger partial charge is 0.174 e. The molecule has 1 N–H and O–H groups in total. The van der Waals surface area contributed by atoms with E-state index in [1.54, 1.807) is 15.8 Å². The van der Waals surface area contributed by atoms with E-state index in [-0.39, 0.29) is 29.8 Å². The summed E-state index contributed by atoms with van der Waals surface area (Å²) in [5.41, 5.74) is 2.20. The first kappa shape index (κ1) is 21.9. The number of fused-ring (bicyclic) bond motifs is 1. The number of nitriles is 1. The van der Waals surface area contributed by atoms with Crippen LogP contribution in [0.15, 0.2) is 37.2 Å². The van der Waals surface area contributed by atoms with E-state index in [4.69, 9.17) is 4.74 Å². The fourth-order valence-corrected chi connectivity index (χ4v) is 4.48. The summed E-state index contributed by atoms with van der Waals surface area (Å²) in [6.45, 7) is 1.20. The maximum Gasteiger partial charge on any atom is 0.174 e. The highest BCUT2D eigenvalue weighted by Gasteiger charge is 2.33. The highest BCUT2D eigenvalue weighted by Crippen LogP contribution is 2.32. The molecule has 1 aliphatic rings. The van der Waals surface area contributed by atoms with Crippen LogP contribution in [0.2, 0.25) is 0 Å². The predicted molar refractivity (Wildman–Crippen MR) is 119 cm³/mol. The van der Waals surface area contributed by atoms with Crippen molar-refractivity contribution in [1.29, 1.82) is 5.26 Å². The number of pyridine rings is 1. The third-order valence-electron chi connectivity index (χ3n) is 6.24. The van der Waals surface area contributed by atoms with E-state index in [2.05, 4.69) is 31.1 Å². The molecular formula is C23H22F2N8O. The number of aromatic nitrogens is 6. The second kappa shape index (κ2) is 9.15. The molecule has 0 bridgehead atoms. The Hall–Kier alpha value is -3.91. The number of aromatic amines is 1. The molecule has 4 aromatic rings. The Bertz CT molecular complexity index is 1360. The number of rotatable bonds is 7. The normalized spacial score (nSPS) is 16.8. The lowest BCUT2D eigenvalue weighted by Crippen LogP contribution is -2.26. The van der Waals surface area contributed by atoms with Gasteiger partial charge in [0.05, 0.1) is 48.8 Å². The average Bonchev–Trinajstić information content (AvgIpc) is 3.60. The molecule has 5 heterocycles. The summed E-state index contributed by atoms with van der Waals surface area (Å²) < 4.78 is 35.5. The molecule has 0 saturated carbocycles. The fraction of sp³-hybridized carbons (Fsp3) is 0.348. The first-order chi connectivity index (χ1) is 16.6. The molecule has 1 saturated heterocycles. The van der Waals surface area contributed by atoms with E-state index in [1.165, 1.54) is 13.4 Å². The first-order valence-electron chi connectivity index (χ1n) is 10.9. The van der Waals surface area contributed by atoms with Gasteiger partial charge >= 0.3 is 0 Å². The Kier molecular flexibility index (Phi) is 5.90. The van der Waals surface area contributed by atoms with Gasteiger partial charge in [0.2, 0.25) is 0 Å². The Labute approximate surface area is 194 Å². The summed E-state index contributed by atoms with van der Waals surface area (Å²) >= 11 is 0. The molecule has 0 aromatic carbocycles. The molecule has 174 valence electrons. The van der Waals surface area contributed by atoms with Gasteiger partial charge in [-0.2, -0.15) is 10.4 Å². The molecule has 34 heavy (non-hydrogen) atoms. The number of ether oxygens (including phenoxy) is 1. The van der Waals surface area contributed by atoms with Crippen molar-refractivity contribution in [3.63, 3.8) is 0 Å². The van der Waals surface area contributed by atoms with E-state index in [9.17, 15) is 14.0 Å². The summed E-state index contributed by atoms with van der Waals surface area (Å²) in [5, 5.41) is 15.2.